The Kier molecular flexibility index (Phi) is 3.95. The Hall–Kier alpha value is -1.84. The minimum atomic E-state index is 0.331. The molecule has 1 aliphatic carbocycles. The highest BCUT2D eigenvalue weighted by atomic mass is 16.2. The molecule has 3 rings (SSSR count). The molecule has 0 aromatic heterocycles. The van der Waals surface area contributed by atoms with Crippen LogP contribution in [-0.4, -0.2) is 30.3 Å². The Morgan fingerprint density at radius 3 is 2.52 bits per heavy atom. The standard InChI is InChI=1S/C17H22N2O2/c1-12-10-15(4-5-16(12)18-11-20)13-6-8-19(9-7-13)17(21)14-2-3-14/h4-5,10-11,13-14H,2-3,6-9H2,1H3,(H,18,20). The summed E-state index contributed by atoms with van der Waals surface area (Å²) in [6.07, 6.45) is 4.97. The van der Waals surface area contributed by atoms with Crippen LogP contribution >= 0.6 is 0 Å². The van der Waals surface area contributed by atoms with Crippen molar-refractivity contribution >= 4 is 18.0 Å². The monoisotopic (exact) mass is 286 g/mol. The Labute approximate surface area is 125 Å². The lowest BCUT2D eigenvalue weighted by Crippen LogP contribution is -2.38. The molecule has 1 saturated heterocycles. The van der Waals surface area contributed by atoms with Gasteiger partial charge in [-0.2, -0.15) is 0 Å². The van der Waals surface area contributed by atoms with Crippen molar-refractivity contribution in [3.63, 3.8) is 0 Å². The number of piperidine rings is 1. The number of carbonyl (C=O) groups excluding carboxylic acids is 2. The topological polar surface area (TPSA) is 49.4 Å². The molecular weight excluding hydrogens is 264 g/mol. The first-order valence-electron chi connectivity index (χ1n) is 7.78. The molecule has 112 valence electrons. The third kappa shape index (κ3) is 3.09. The average molecular weight is 286 g/mol. The predicted octanol–water partition coefficient (Wildman–Crippen LogP) is 2.68. The Balaban J connectivity index is 1.62. The number of rotatable bonds is 4. The molecule has 1 aromatic rings. The maximum absolute atomic E-state index is 12.1. The van der Waals surface area contributed by atoms with Crippen LogP contribution in [0.4, 0.5) is 5.69 Å². The van der Waals surface area contributed by atoms with Crippen molar-refractivity contribution in [2.45, 2.75) is 38.5 Å². The van der Waals surface area contributed by atoms with Crippen LogP contribution in [0.25, 0.3) is 0 Å². The molecule has 21 heavy (non-hydrogen) atoms. The average Bonchev–Trinajstić information content (AvgIpc) is 3.34. The summed E-state index contributed by atoms with van der Waals surface area (Å²) in [6, 6.07) is 6.23. The molecule has 1 aromatic carbocycles. The van der Waals surface area contributed by atoms with Crippen LogP contribution in [0.15, 0.2) is 18.2 Å². The van der Waals surface area contributed by atoms with Crippen LogP contribution in [0, 0.1) is 12.8 Å². The van der Waals surface area contributed by atoms with E-state index in [0.29, 0.717) is 24.2 Å². The van der Waals surface area contributed by atoms with Gasteiger partial charge in [-0.25, -0.2) is 0 Å². The molecule has 0 radical (unpaired) electrons. The highest BCUT2D eigenvalue weighted by Crippen LogP contribution is 2.35. The van der Waals surface area contributed by atoms with E-state index in [2.05, 4.69) is 17.4 Å². The first kappa shape index (κ1) is 14.1. The van der Waals surface area contributed by atoms with Crippen molar-refractivity contribution in [3.05, 3.63) is 29.3 Å². The van der Waals surface area contributed by atoms with Crippen molar-refractivity contribution in [1.29, 1.82) is 0 Å². The van der Waals surface area contributed by atoms with Gasteiger partial charge in [0, 0.05) is 24.7 Å². The molecule has 1 saturated carbocycles. The molecule has 4 heteroatoms. The number of aryl methyl sites for hydroxylation is 1. The normalized spacial score (nSPS) is 19.4. The molecule has 0 unspecified atom stereocenters. The molecule has 0 atom stereocenters. The van der Waals surface area contributed by atoms with Gasteiger partial charge >= 0.3 is 0 Å². The van der Waals surface area contributed by atoms with E-state index in [1.165, 1.54) is 5.56 Å². The molecule has 0 bridgehead atoms. The lowest BCUT2D eigenvalue weighted by molar-refractivity contribution is -0.133. The van der Waals surface area contributed by atoms with Gasteiger partial charge in [-0.3, -0.25) is 9.59 Å². The number of carbonyl (C=O) groups is 2. The maximum atomic E-state index is 12.1. The van der Waals surface area contributed by atoms with Crippen molar-refractivity contribution in [3.8, 4) is 0 Å². The van der Waals surface area contributed by atoms with E-state index in [0.717, 1.165) is 50.0 Å². The minimum absolute atomic E-state index is 0.331. The third-order valence-electron chi connectivity index (χ3n) is 4.67. The molecule has 4 nitrogen and oxygen atoms in total. The van der Waals surface area contributed by atoms with Crippen LogP contribution in [0.1, 0.15) is 42.7 Å². The van der Waals surface area contributed by atoms with Crippen LogP contribution < -0.4 is 5.32 Å². The molecule has 1 heterocycles. The summed E-state index contributed by atoms with van der Waals surface area (Å²) in [4.78, 5) is 24.6. The summed E-state index contributed by atoms with van der Waals surface area (Å²) in [6.45, 7) is 3.78. The summed E-state index contributed by atoms with van der Waals surface area (Å²) in [7, 11) is 0. The molecule has 2 aliphatic rings. The van der Waals surface area contributed by atoms with E-state index in [1.54, 1.807) is 0 Å². The summed E-state index contributed by atoms with van der Waals surface area (Å²) >= 11 is 0. The van der Waals surface area contributed by atoms with Gasteiger partial charge in [0.1, 0.15) is 0 Å². The second-order valence-electron chi connectivity index (χ2n) is 6.21. The summed E-state index contributed by atoms with van der Waals surface area (Å²) < 4.78 is 0. The van der Waals surface area contributed by atoms with E-state index < -0.39 is 0 Å². The number of hydrogen-bond acceptors (Lipinski definition) is 2. The third-order valence-corrected chi connectivity index (χ3v) is 4.67. The van der Waals surface area contributed by atoms with E-state index in [-0.39, 0.29) is 0 Å². The molecule has 1 aliphatic heterocycles. The number of nitrogens with zero attached hydrogens (tertiary/aromatic N) is 1. The number of hydrogen-bond donors (Lipinski definition) is 1. The highest BCUT2D eigenvalue weighted by molar-refractivity contribution is 5.81. The second kappa shape index (κ2) is 5.88. The number of likely N-dealkylation sites (tertiary alicyclic amines) is 1. The summed E-state index contributed by atoms with van der Waals surface area (Å²) in [5.41, 5.74) is 3.29. The van der Waals surface area contributed by atoms with Gasteiger partial charge in [0.25, 0.3) is 0 Å². The smallest absolute Gasteiger partial charge is 0.225 e. The van der Waals surface area contributed by atoms with E-state index in [4.69, 9.17) is 0 Å². The van der Waals surface area contributed by atoms with E-state index in [1.807, 2.05) is 17.9 Å². The van der Waals surface area contributed by atoms with E-state index >= 15 is 0 Å². The summed E-state index contributed by atoms with van der Waals surface area (Å²) in [5.74, 6) is 1.23. The van der Waals surface area contributed by atoms with Crippen LogP contribution in [0.5, 0.6) is 0 Å². The zero-order valence-corrected chi connectivity index (χ0v) is 12.5. The fourth-order valence-electron chi connectivity index (χ4n) is 3.19. The Bertz CT molecular complexity index is 544. The lowest BCUT2D eigenvalue weighted by Gasteiger charge is -2.32. The number of anilines is 1. The van der Waals surface area contributed by atoms with Gasteiger partial charge in [0.15, 0.2) is 0 Å². The molecule has 2 amide bonds. The number of benzene rings is 1. The van der Waals surface area contributed by atoms with Gasteiger partial charge < -0.3 is 10.2 Å². The minimum Gasteiger partial charge on any atom is -0.342 e. The van der Waals surface area contributed by atoms with Crippen molar-refractivity contribution in [2.24, 2.45) is 5.92 Å². The lowest BCUT2D eigenvalue weighted by atomic mass is 9.88. The SMILES string of the molecule is Cc1cc(C2CCN(C(=O)C3CC3)CC2)ccc1NC=O. The van der Waals surface area contributed by atoms with Crippen molar-refractivity contribution in [1.82, 2.24) is 4.90 Å². The van der Waals surface area contributed by atoms with Crippen molar-refractivity contribution < 1.29 is 9.59 Å². The van der Waals surface area contributed by atoms with Crippen LogP contribution in [0.3, 0.4) is 0 Å². The molecule has 2 fully saturated rings. The first-order chi connectivity index (χ1) is 10.2. The second-order valence-corrected chi connectivity index (χ2v) is 6.21. The van der Waals surface area contributed by atoms with Gasteiger partial charge in [-0.15, -0.1) is 0 Å². The molecule has 0 spiro atoms. The van der Waals surface area contributed by atoms with Crippen molar-refractivity contribution in [2.75, 3.05) is 18.4 Å². The number of nitrogens with one attached hydrogen (secondary N) is 1. The van der Waals surface area contributed by atoms with Crippen LogP contribution in [-0.2, 0) is 9.59 Å². The van der Waals surface area contributed by atoms with Gasteiger partial charge in [0.05, 0.1) is 0 Å². The highest BCUT2D eigenvalue weighted by Gasteiger charge is 2.35. The summed E-state index contributed by atoms with van der Waals surface area (Å²) in [5, 5.41) is 2.71. The fourth-order valence-corrected chi connectivity index (χ4v) is 3.19. The Morgan fingerprint density at radius 2 is 1.95 bits per heavy atom. The largest absolute Gasteiger partial charge is 0.342 e. The molecular formula is C17H22N2O2. The first-order valence-corrected chi connectivity index (χ1v) is 7.78. The van der Waals surface area contributed by atoms with Gasteiger partial charge in [-0.1, -0.05) is 12.1 Å². The molecule has 1 N–H and O–H groups in total. The zero-order chi connectivity index (χ0) is 14.8. The maximum Gasteiger partial charge on any atom is 0.225 e. The van der Waals surface area contributed by atoms with Gasteiger partial charge in [-0.05, 0) is 55.7 Å². The number of amides is 2. The Morgan fingerprint density at radius 1 is 1.24 bits per heavy atom. The quantitative estimate of drug-likeness (QED) is 0.865. The van der Waals surface area contributed by atoms with E-state index in [9.17, 15) is 9.59 Å². The van der Waals surface area contributed by atoms with Crippen LogP contribution in [0.2, 0.25) is 0 Å². The zero-order valence-electron chi connectivity index (χ0n) is 12.5. The predicted molar refractivity (Wildman–Crippen MR) is 82.1 cm³/mol. The van der Waals surface area contributed by atoms with Gasteiger partial charge in [0.2, 0.25) is 12.3 Å². The fraction of sp³-hybridized carbons (Fsp3) is 0.529.